The molecule has 4 heteroatoms. The van der Waals surface area contributed by atoms with Crippen molar-refractivity contribution in [2.75, 3.05) is 20.3 Å². The minimum atomic E-state index is -0.782. The van der Waals surface area contributed by atoms with E-state index in [1.807, 2.05) is 4.90 Å². The highest BCUT2D eigenvalue weighted by molar-refractivity contribution is 5.73. The van der Waals surface area contributed by atoms with Gasteiger partial charge in [0.15, 0.2) is 0 Å². The van der Waals surface area contributed by atoms with Crippen molar-refractivity contribution in [3.63, 3.8) is 0 Å². The lowest BCUT2D eigenvalue weighted by Gasteiger charge is -2.27. The van der Waals surface area contributed by atoms with Gasteiger partial charge in [-0.3, -0.25) is 9.69 Å². The summed E-state index contributed by atoms with van der Waals surface area (Å²) >= 11 is 0. The van der Waals surface area contributed by atoms with E-state index in [1.165, 1.54) is 7.11 Å². The van der Waals surface area contributed by atoms with Gasteiger partial charge in [0.2, 0.25) is 0 Å². The molecule has 1 fully saturated rings. The molecule has 1 N–H and O–H groups in total. The molecule has 0 amide bonds. The Morgan fingerprint density at radius 2 is 2.46 bits per heavy atom. The lowest BCUT2D eigenvalue weighted by Crippen LogP contribution is -2.45. The number of carbonyl (C=O) groups is 1. The van der Waals surface area contributed by atoms with Gasteiger partial charge in [0.05, 0.1) is 6.61 Å². The second-order valence-electron chi connectivity index (χ2n) is 3.54. The number of likely N-dealkylation sites (tertiary alicyclic amines) is 1. The average molecular weight is 187 g/mol. The summed E-state index contributed by atoms with van der Waals surface area (Å²) in [6.45, 7) is 3.22. The number of rotatable bonds is 4. The van der Waals surface area contributed by atoms with Gasteiger partial charge in [0, 0.05) is 13.2 Å². The molecule has 0 aromatic rings. The highest BCUT2D eigenvalue weighted by Gasteiger charge is 2.32. The molecule has 0 saturated carbocycles. The molecule has 1 aliphatic rings. The number of ether oxygens (including phenoxy) is 1. The van der Waals surface area contributed by atoms with Crippen LogP contribution < -0.4 is 0 Å². The van der Waals surface area contributed by atoms with Crippen molar-refractivity contribution in [2.24, 2.45) is 0 Å². The average Bonchev–Trinajstić information content (AvgIpc) is 2.47. The molecule has 0 radical (unpaired) electrons. The summed E-state index contributed by atoms with van der Waals surface area (Å²) in [6.07, 6.45) is 2.18. The lowest BCUT2D eigenvalue weighted by molar-refractivity contribution is -0.145. The van der Waals surface area contributed by atoms with E-state index in [1.54, 1.807) is 0 Å². The number of nitrogens with zero attached hydrogens (tertiary/aromatic N) is 1. The second kappa shape index (κ2) is 4.58. The van der Waals surface area contributed by atoms with E-state index in [-0.39, 0.29) is 6.61 Å². The molecule has 13 heavy (non-hydrogen) atoms. The van der Waals surface area contributed by atoms with Crippen molar-refractivity contribution in [3.8, 4) is 0 Å². The first-order valence-corrected chi connectivity index (χ1v) is 4.64. The van der Waals surface area contributed by atoms with Crippen LogP contribution in [-0.2, 0) is 9.53 Å². The summed E-state index contributed by atoms with van der Waals surface area (Å²) in [5, 5.41) is 8.96. The maximum absolute atomic E-state index is 10.9. The summed E-state index contributed by atoms with van der Waals surface area (Å²) in [6, 6.07) is -0.0984. The molecule has 1 rings (SSSR count). The van der Waals surface area contributed by atoms with Crippen LogP contribution in [0, 0.1) is 0 Å². The third-order valence-electron chi connectivity index (χ3n) is 2.61. The standard InChI is InChI=1S/C9H17NO3/c1-7-4-3-5-10(7)8(6-13-2)9(11)12/h7-8H,3-6H2,1-2H3,(H,11,12). The zero-order valence-electron chi connectivity index (χ0n) is 8.19. The molecule has 1 saturated heterocycles. The van der Waals surface area contributed by atoms with Gasteiger partial charge < -0.3 is 9.84 Å². The predicted molar refractivity (Wildman–Crippen MR) is 48.7 cm³/mol. The van der Waals surface area contributed by atoms with E-state index < -0.39 is 12.0 Å². The number of aliphatic carboxylic acids is 1. The van der Waals surface area contributed by atoms with E-state index in [4.69, 9.17) is 9.84 Å². The van der Waals surface area contributed by atoms with Crippen LogP contribution in [0.1, 0.15) is 19.8 Å². The molecule has 0 aliphatic carbocycles. The van der Waals surface area contributed by atoms with E-state index >= 15 is 0 Å². The van der Waals surface area contributed by atoms with Gasteiger partial charge in [-0.1, -0.05) is 0 Å². The molecule has 0 bridgehead atoms. The fourth-order valence-electron chi connectivity index (χ4n) is 1.89. The SMILES string of the molecule is COCC(C(=O)O)N1CCCC1C. The molecule has 76 valence electrons. The van der Waals surface area contributed by atoms with Crippen LogP contribution in [0.15, 0.2) is 0 Å². The minimum Gasteiger partial charge on any atom is -0.480 e. The maximum atomic E-state index is 10.9. The molecule has 2 atom stereocenters. The molecule has 2 unspecified atom stereocenters. The van der Waals surface area contributed by atoms with Crippen LogP contribution in [0.2, 0.25) is 0 Å². The zero-order valence-corrected chi connectivity index (χ0v) is 8.19. The van der Waals surface area contributed by atoms with Gasteiger partial charge in [0.1, 0.15) is 6.04 Å². The summed E-state index contributed by atoms with van der Waals surface area (Å²) in [7, 11) is 1.54. The highest BCUT2D eigenvalue weighted by Crippen LogP contribution is 2.19. The van der Waals surface area contributed by atoms with Gasteiger partial charge in [-0.15, -0.1) is 0 Å². The van der Waals surface area contributed by atoms with E-state index in [9.17, 15) is 4.79 Å². The topological polar surface area (TPSA) is 49.8 Å². The second-order valence-corrected chi connectivity index (χ2v) is 3.54. The molecule has 4 nitrogen and oxygen atoms in total. The summed E-state index contributed by atoms with van der Waals surface area (Å²) in [5.41, 5.74) is 0. The fourth-order valence-corrected chi connectivity index (χ4v) is 1.89. The van der Waals surface area contributed by atoms with Gasteiger partial charge in [-0.25, -0.2) is 0 Å². The van der Waals surface area contributed by atoms with E-state index in [0.29, 0.717) is 6.04 Å². The van der Waals surface area contributed by atoms with Gasteiger partial charge in [-0.2, -0.15) is 0 Å². The first-order chi connectivity index (χ1) is 6.16. The summed E-state index contributed by atoms with van der Waals surface area (Å²) < 4.78 is 4.90. The smallest absolute Gasteiger partial charge is 0.323 e. The summed E-state index contributed by atoms with van der Waals surface area (Å²) in [5.74, 6) is -0.782. The Balaban J connectivity index is 2.57. The zero-order chi connectivity index (χ0) is 9.84. The first kappa shape index (κ1) is 10.5. The van der Waals surface area contributed by atoms with E-state index in [2.05, 4.69) is 6.92 Å². The van der Waals surface area contributed by atoms with E-state index in [0.717, 1.165) is 19.4 Å². The number of hydrogen-bond acceptors (Lipinski definition) is 3. The van der Waals surface area contributed by atoms with Crippen LogP contribution in [-0.4, -0.2) is 48.3 Å². The number of hydrogen-bond donors (Lipinski definition) is 1. The third kappa shape index (κ3) is 2.42. The molecule has 0 aromatic carbocycles. The lowest BCUT2D eigenvalue weighted by atomic mass is 10.2. The Labute approximate surface area is 78.5 Å². The number of carboxylic acids is 1. The molecule has 1 aliphatic heterocycles. The first-order valence-electron chi connectivity index (χ1n) is 4.64. The van der Waals surface area contributed by atoms with Crippen molar-refractivity contribution in [2.45, 2.75) is 31.8 Å². The van der Waals surface area contributed by atoms with Crippen molar-refractivity contribution in [3.05, 3.63) is 0 Å². The largest absolute Gasteiger partial charge is 0.480 e. The Morgan fingerprint density at radius 3 is 2.85 bits per heavy atom. The Hall–Kier alpha value is -0.610. The molecular formula is C9H17NO3. The fraction of sp³-hybridized carbons (Fsp3) is 0.889. The molecule has 1 heterocycles. The van der Waals surface area contributed by atoms with Gasteiger partial charge in [-0.05, 0) is 26.3 Å². The quantitative estimate of drug-likeness (QED) is 0.699. The molecule has 0 aromatic heterocycles. The van der Waals surface area contributed by atoms with Crippen LogP contribution in [0.25, 0.3) is 0 Å². The van der Waals surface area contributed by atoms with Gasteiger partial charge >= 0.3 is 5.97 Å². The maximum Gasteiger partial charge on any atom is 0.323 e. The minimum absolute atomic E-state index is 0.277. The van der Waals surface area contributed by atoms with Crippen LogP contribution in [0.3, 0.4) is 0 Å². The number of methoxy groups -OCH3 is 1. The molecule has 0 spiro atoms. The number of carboxylic acid groups (broad SMARTS) is 1. The van der Waals surface area contributed by atoms with Crippen molar-refractivity contribution < 1.29 is 14.6 Å². The normalized spacial score (nSPS) is 26.2. The summed E-state index contributed by atoms with van der Waals surface area (Å²) in [4.78, 5) is 12.9. The Morgan fingerprint density at radius 1 is 1.77 bits per heavy atom. The van der Waals surface area contributed by atoms with Gasteiger partial charge in [0.25, 0.3) is 0 Å². The van der Waals surface area contributed by atoms with Crippen LogP contribution in [0.5, 0.6) is 0 Å². The predicted octanol–water partition coefficient (Wildman–Crippen LogP) is 0.570. The Bertz CT molecular complexity index is 184. The van der Waals surface area contributed by atoms with Crippen LogP contribution >= 0.6 is 0 Å². The third-order valence-corrected chi connectivity index (χ3v) is 2.61. The molecular weight excluding hydrogens is 170 g/mol. The van der Waals surface area contributed by atoms with Crippen molar-refractivity contribution in [1.29, 1.82) is 0 Å². The van der Waals surface area contributed by atoms with Crippen molar-refractivity contribution in [1.82, 2.24) is 4.90 Å². The Kier molecular flexibility index (Phi) is 3.69. The van der Waals surface area contributed by atoms with Crippen LogP contribution in [0.4, 0.5) is 0 Å². The monoisotopic (exact) mass is 187 g/mol. The highest BCUT2D eigenvalue weighted by atomic mass is 16.5. The van der Waals surface area contributed by atoms with Crippen molar-refractivity contribution >= 4 is 5.97 Å².